The van der Waals surface area contributed by atoms with Crippen LogP contribution in [0.4, 0.5) is 5.69 Å². The van der Waals surface area contributed by atoms with E-state index in [-0.39, 0.29) is 11.8 Å². The molecular formula is C16H21N3OS. The summed E-state index contributed by atoms with van der Waals surface area (Å²) in [4.78, 5) is 14.7. The fourth-order valence-electron chi connectivity index (χ4n) is 2.82. The van der Waals surface area contributed by atoms with E-state index in [4.69, 9.17) is 5.73 Å². The van der Waals surface area contributed by atoms with E-state index in [1.807, 2.05) is 18.2 Å². The smallest absolute Gasteiger partial charge is 0.222 e. The Morgan fingerprint density at radius 2 is 2.29 bits per heavy atom. The minimum absolute atomic E-state index is 0.129. The number of nitrogens with zero attached hydrogens (tertiary/aromatic N) is 2. The SMILES string of the molecule is CCSc1cccc(N2CC(C(N)=O)CCC2C)c1C#N. The Labute approximate surface area is 130 Å². The third-order valence-corrected chi connectivity index (χ3v) is 4.95. The van der Waals surface area contributed by atoms with E-state index in [1.54, 1.807) is 11.8 Å². The summed E-state index contributed by atoms with van der Waals surface area (Å²) in [6.45, 7) is 4.81. The molecule has 0 saturated carbocycles. The number of nitriles is 1. The Morgan fingerprint density at radius 1 is 1.52 bits per heavy atom. The topological polar surface area (TPSA) is 70.1 Å². The standard InChI is InChI=1S/C16H21N3OS/c1-3-21-15-6-4-5-14(13(15)9-17)19-10-12(16(18)20)8-7-11(19)2/h4-6,11-12H,3,7-8,10H2,1-2H3,(H2,18,20). The maximum Gasteiger partial charge on any atom is 0.222 e. The lowest BCUT2D eigenvalue weighted by Crippen LogP contribution is -2.46. The highest BCUT2D eigenvalue weighted by atomic mass is 32.2. The maximum absolute atomic E-state index is 11.5. The van der Waals surface area contributed by atoms with Crippen LogP contribution in [0.5, 0.6) is 0 Å². The summed E-state index contributed by atoms with van der Waals surface area (Å²) in [5.74, 6) is 0.553. The van der Waals surface area contributed by atoms with Gasteiger partial charge in [0, 0.05) is 17.5 Å². The quantitative estimate of drug-likeness (QED) is 0.868. The Hall–Kier alpha value is -1.67. The van der Waals surface area contributed by atoms with Crippen molar-refractivity contribution in [2.75, 3.05) is 17.2 Å². The van der Waals surface area contributed by atoms with E-state index in [1.165, 1.54) is 0 Å². The van der Waals surface area contributed by atoms with Gasteiger partial charge in [-0.05, 0) is 37.7 Å². The van der Waals surface area contributed by atoms with Crippen LogP contribution in [0.15, 0.2) is 23.1 Å². The summed E-state index contributed by atoms with van der Waals surface area (Å²) in [6.07, 6.45) is 1.75. The van der Waals surface area contributed by atoms with Crippen LogP contribution in [0.2, 0.25) is 0 Å². The average molecular weight is 303 g/mol. The lowest BCUT2D eigenvalue weighted by Gasteiger charge is -2.39. The van der Waals surface area contributed by atoms with Crippen LogP contribution in [0.25, 0.3) is 0 Å². The zero-order chi connectivity index (χ0) is 15.4. The Morgan fingerprint density at radius 3 is 2.90 bits per heavy atom. The predicted octanol–water partition coefficient (Wildman–Crippen LogP) is 2.76. The van der Waals surface area contributed by atoms with Crippen molar-refractivity contribution in [2.45, 2.75) is 37.6 Å². The molecule has 2 unspecified atom stereocenters. The number of benzene rings is 1. The Balaban J connectivity index is 2.37. The predicted molar refractivity (Wildman–Crippen MR) is 86.3 cm³/mol. The van der Waals surface area contributed by atoms with Crippen LogP contribution in [0, 0.1) is 17.2 Å². The third-order valence-electron chi connectivity index (χ3n) is 4.01. The van der Waals surface area contributed by atoms with Gasteiger partial charge < -0.3 is 10.6 Å². The van der Waals surface area contributed by atoms with E-state index in [9.17, 15) is 10.1 Å². The van der Waals surface area contributed by atoms with Crippen LogP contribution in [0.3, 0.4) is 0 Å². The largest absolute Gasteiger partial charge is 0.369 e. The fourth-order valence-corrected chi connectivity index (χ4v) is 3.60. The molecule has 1 heterocycles. The summed E-state index contributed by atoms with van der Waals surface area (Å²) >= 11 is 1.67. The molecule has 4 nitrogen and oxygen atoms in total. The van der Waals surface area contributed by atoms with E-state index in [2.05, 4.69) is 24.8 Å². The number of primary amides is 1. The molecule has 0 spiro atoms. The summed E-state index contributed by atoms with van der Waals surface area (Å²) in [5, 5.41) is 9.54. The van der Waals surface area contributed by atoms with E-state index < -0.39 is 0 Å². The summed E-state index contributed by atoms with van der Waals surface area (Å²) in [7, 11) is 0. The van der Waals surface area contributed by atoms with Gasteiger partial charge >= 0.3 is 0 Å². The van der Waals surface area contributed by atoms with Crippen LogP contribution in [0.1, 0.15) is 32.3 Å². The normalized spacial score (nSPS) is 21.9. The van der Waals surface area contributed by atoms with Crippen LogP contribution < -0.4 is 10.6 Å². The second-order valence-electron chi connectivity index (χ2n) is 5.37. The van der Waals surface area contributed by atoms with Gasteiger partial charge in [-0.2, -0.15) is 5.26 Å². The van der Waals surface area contributed by atoms with Crippen molar-refractivity contribution in [1.82, 2.24) is 0 Å². The molecule has 0 aromatic heterocycles. The minimum Gasteiger partial charge on any atom is -0.369 e. The van der Waals surface area contributed by atoms with E-state index in [0.717, 1.165) is 29.2 Å². The average Bonchev–Trinajstić information content (AvgIpc) is 2.47. The molecule has 0 aliphatic carbocycles. The first-order valence-electron chi connectivity index (χ1n) is 7.30. The number of amides is 1. The van der Waals surface area contributed by atoms with Crippen LogP contribution in [-0.4, -0.2) is 24.2 Å². The maximum atomic E-state index is 11.5. The molecule has 1 saturated heterocycles. The van der Waals surface area contributed by atoms with Crippen LogP contribution in [-0.2, 0) is 4.79 Å². The highest BCUT2D eigenvalue weighted by Crippen LogP contribution is 2.34. The van der Waals surface area contributed by atoms with Crippen molar-refractivity contribution in [2.24, 2.45) is 11.7 Å². The van der Waals surface area contributed by atoms with Gasteiger partial charge in [-0.3, -0.25) is 4.79 Å². The molecule has 0 radical (unpaired) electrons. The molecule has 2 N–H and O–H groups in total. The number of piperidine rings is 1. The number of hydrogen-bond acceptors (Lipinski definition) is 4. The summed E-state index contributed by atoms with van der Waals surface area (Å²) < 4.78 is 0. The molecule has 2 atom stereocenters. The Bertz CT molecular complexity index is 567. The van der Waals surface area contributed by atoms with Crippen molar-refractivity contribution < 1.29 is 4.79 Å². The molecule has 1 aliphatic heterocycles. The van der Waals surface area contributed by atoms with Crippen molar-refractivity contribution in [3.63, 3.8) is 0 Å². The van der Waals surface area contributed by atoms with Crippen molar-refractivity contribution >= 4 is 23.4 Å². The number of nitrogens with two attached hydrogens (primary N) is 1. The molecule has 2 rings (SSSR count). The van der Waals surface area contributed by atoms with E-state index in [0.29, 0.717) is 18.2 Å². The zero-order valence-electron chi connectivity index (χ0n) is 12.5. The molecule has 1 amide bonds. The molecule has 1 aromatic rings. The second kappa shape index (κ2) is 6.86. The van der Waals surface area contributed by atoms with E-state index >= 15 is 0 Å². The first kappa shape index (κ1) is 15.7. The van der Waals surface area contributed by atoms with Crippen molar-refractivity contribution in [1.29, 1.82) is 5.26 Å². The van der Waals surface area contributed by atoms with Gasteiger partial charge in [0.15, 0.2) is 0 Å². The summed E-state index contributed by atoms with van der Waals surface area (Å²) in [5.41, 5.74) is 7.10. The molecule has 1 aromatic carbocycles. The molecule has 0 bridgehead atoms. The second-order valence-corrected chi connectivity index (χ2v) is 6.68. The van der Waals surface area contributed by atoms with Gasteiger partial charge in [0.1, 0.15) is 6.07 Å². The molecular weight excluding hydrogens is 282 g/mol. The number of carbonyl (C=O) groups is 1. The number of carbonyl (C=O) groups excluding carboxylic acids is 1. The van der Waals surface area contributed by atoms with Gasteiger partial charge in [0.25, 0.3) is 0 Å². The molecule has 1 fully saturated rings. The molecule has 1 aliphatic rings. The summed E-state index contributed by atoms with van der Waals surface area (Å²) in [6, 6.07) is 8.58. The zero-order valence-corrected chi connectivity index (χ0v) is 13.3. The lowest BCUT2D eigenvalue weighted by molar-refractivity contribution is -0.122. The third kappa shape index (κ3) is 3.33. The number of rotatable bonds is 4. The van der Waals surface area contributed by atoms with Gasteiger partial charge in [0.2, 0.25) is 5.91 Å². The van der Waals surface area contributed by atoms with Crippen molar-refractivity contribution in [3.05, 3.63) is 23.8 Å². The fraction of sp³-hybridized carbons (Fsp3) is 0.500. The highest BCUT2D eigenvalue weighted by molar-refractivity contribution is 7.99. The molecule has 21 heavy (non-hydrogen) atoms. The lowest BCUT2D eigenvalue weighted by atomic mass is 9.92. The van der Waals surface area contributed by atoms with Crippen molar-refractivity contribution in [3.8, 4) is 6.07 Å². The molecule has 5 heteroatoms. The molecule has 112 valence electrons. The number of hydrogen-bond donors (Lipinski definition) is 1. The van der Waals surface area contributed by atoms with Gasteiger partial charge in [0.05, 0.1) is 17.2 Å². The first-order valence-corrected chi connectivity index (χ1v) is 8.28. The monoisotopic (exact) mass is 303 g/mol. The van der Waals surface area contributed by atoms with Gasteiger partial charge in [-0.15, -0.1) is 11.8 Å². The van der Waals surface area contributed by atoms with Gasteiger partial charge in [-0.25, -0.2) is 0 Å². The minimum atomic E-state index is -0.246. The Kier molecular flexibility index (Phi) is 5.13. The number of thioether (sulfide) groups is 1. The first-order chi connectivity index (χ1) is 10.1. The number of anilines is 1. The van der Waals surface area contributed by atoms with Gasteiger partial charge in [-0.1, -0.05) is 13.0 Å². The van der Waals surface area contributed by atoms with Crippen LogP contribution >= 0.6 is 11.8 Å². The highest BCUT2D eigenvalue weighted by Gasteiger charge is 2.30.